The van der Waals surface area contributed by atoms with Gasteiger partial charge < -0.3 is 0 Å². The normalized spacial score (nSPS) is 24.1. The first-order chi connectivity index (χ1) is 6.62. The van der Waals surface area contributed by atoms with E-state index in [-0.39, 0.29) is 0 Å². The molecule has 1 aliphatic heterocycles. The second kappa shape index (κ2) is 3.20. The van der Waals surface area contributed by atoms with Gasteiger partial charge in [0, 0.05) is 5.56 Å². The molecule has 0 fully saturated rings. The highest BCUT2D eigenvalue weighted by atomic mass is 32.2. The summed E-state index contributed by atoms with van der Waals surface area (Å²) >= 11 is -1.37. The van der Waals surface area contributed by atoms with Crippen molar-refractivity contribution in [1.29, 1.82) is 0 Å². The Balaban J connectivity index is 2.43. The number of rotatable bonds is 1. The summed E-state index contributed by atoms with van der Waals surface area (Å²) in [7, 11) is 0. The van der Waals surface area contributed by atoms with Gasteiger partial charge in [0.25, 0.3) is 0 Å². The molecule has 74 valence electrons. The molecule has 2 rings (SSSR count). The van der Waals surface area contributed by atoms with Crippen molar-refractivity contribution in [3.05, 3.63) is 35.9 Å². The molecule has 1 aromatic carbocycles. The van der Waals surface area contributed by atoms with Crippen LogP contribution in [0.25, 0.3) is 0 Å². The summed E-state index contributed by atoms with van der Waals surface area (Å²) in [6.45, 7) is 3.73. The molecule has 4 heteroatoms. The second-order valence-electron chi connectivity index (χ2n) is 3.63. The lowest BCUT2D eigenvalue weighted by Gasteiger charge is -2.14. The first kappa shape index (κ1) is 9.40. The molecule has 0 aromatic heterocycles. The van der Waals surface area contributed by atoms with Crippen LogP contribution in [0.2, 0.25) is 0 Å². The third-order valence-electron chi connectivity index (χ3n) is 2.23. The zero-order chi connectivity index (χ0) is 10.2. The fourth-order valence-electron chi connectivity index (χ4n) is 1.35. The van der Waals surface area contributed by atoms with E-state index < -0.39 is 15.8 Å². The van der Waals surface area contributed by atoms with Gasteiger partial charge in [-0.05, 0) is 13.8 Å². The van der Waals surface area contributed by atoms with Crippen LogP contribution in [0.5, 0.6) is 0 Å². The van der Waals surface area contributed by atoms with Gasteiger partial charge in [-0.3, -0.25) is 4.28 Å². The van der Waals surface area contributed by atoms with E-state index in [1.165, 1.54) is 0 Å². The first-order valence-electron chi connectivity index (χ1n) is 4.35. The van der Waals surface area contributed by atoms with E-state index in [0.29, 0.717) is 0 Å². The molecule has 14 heavy (non-hydrogen) atoms. The average Bonchev–Trinajstić information content (AvgIpc) is 2.44. The van der Waals surface area contributed by atoms with Crippen molar-refractivity contribution in [1.82, 2.24) is 0 Å². The van der Waals surface area contributed by atoms with Gasteiger partial charge in [-0.15, -0.1) is 0 Å². The van der Waals surface area contributed by atoms with E-state index in [4.69, 9.17) is 4.28 Å². The summed E-state index contributed by atoms with van der Waals surface area (Å²) in [4.78, 5) is 0. The minimum Gasteiger partial charge on any atom is -0.291 e. The van der Waals surface area contributed by atoms with Gasteiger partial charge >= 0.3 is 0 Å². The SMILES string of the molecule is CC1(C)C(c2ccccc2)=NOS1=O. The van der Waals surface area contributed by atoms with Crippen LogP contribution >= 0.6 is 0 Å². The lowest BCUT2D eigenvalue weighted by Crippen LogP contribution is -2.32. The largest absolute Gasteiger partial charge is 0.291 e. The molecule has 1 unspecified atom stereocenters. The molecule has 0 radical (unpaired) electrons. The van der Waals surface area contributed by atoms with Gasteiger partial charge in [-0.1, -0.05) is 35.5 Å². The minimum atomic E-state index is -1.37. The summed E-state index contributed by atoms with van der Waals surface area (Å²) < 4.78 is 15.7. The lowest BCUT2D eigenvalue weighted by molar-refractivity contribution is 0.384. The molecule has 0 bridgehead atoms. The molecule has 0 spiro atoms. The van der Waals surface area contributed by atoms with Crippen molar-refractivity contribution in [2.75, 3.05) is 0 Å². The molecular weight excluding hydrogens is 198 g/mol. The highest BCUT2D eigenvalue weighted by molar-refractivity contribution is 7.83. The van der Waals surface area contributed by atoms with Crippen molar-refractivity contribution in [2.45, 2.75) is 18.6 Å². The zero-order valence-corrected chi connectivity index (χ0v) is 8.88. The van der Waals surface area contributed by atoms with Gasteiger partial charge in [0.05, 0.1) is 0 Å². The highest BCUT2D eigenvalue weighted by Crippen LogP contribution is 2.27. The molecule has 1 heterocycles. The maximum absolute atomic E-state index is 11.5. The van der Waals surface area contributed by atoms with Crippen molar-refractivity contribution < 1.29 is 8.49 Å². The van der Waals surface area contributed by atoms with Gasteiger partial charge in [-0.25, -0.2) is 4.21 Å². The van der Waals surface area contributed by atoms with E-state index in [2.05, 4.69) is 5.16 Å². The summed E-state index contributed by atoms with van der Waals surface area (Å²) in [6.07, 6.45) is 0. The van der Waals surface area contributed by atoms with Crippen LogP contribution in [0.1, 0.15) is 19.4 Å². The minimum absolute atomic E-state index is 0.526. The van der Waals surface area contributed by atoms with Crippen LogP contribution in [-0.2, 0) is 15.4 Å². The van der Waals surface area contributed by atoms with E-state index >= 15 is 0 Å². The van der Waals surface area contributed by atoms with Gasteiger partial charge in [-0.2, -0.15) is 0 Å². The molecule has 3 nitrogen and oxygen atoms in total. The second-order valence-corrected chi connectivity index (χ2v) is 5.26. The van der Waals surface area contributed by atoms with E-state index in [9.17, 15) is 4.21 Å². The Hall–Kier alpha value is -1.16. The fourth-order valence-corrected chi connectivity index (χ4v) is 1.99. The van der Waals surface area contributed by atoms with Gasteiger partial charge in [0.1, 0.15) is 10.5 Å². The number of hydrogen-bond acceptors (Lipinski definition) is 3. The number of hydrogen-bond donors (Lipinski definition) is 0. The molecule has 1 aliphatic rings. The molecule has 0 N–H and O–H groups in total. The van der Waals surface area contributed by atoms with Crippen molar-refractivity contribution in [3.63, 3.8) is 0 Å². The summed E-state index contributed by atoms with van der Waals surface area (Å²) in [5.41, 5.74) is 1.71. The molecule has 0 aliphatic carbocycles. The Bertz CT molecular complexity index is 398. The first-order valence-corrected chi connectivity index (χ1v) is 5.43. The van der Waals surface area contributed by atoms with Crippen LogP contribution in [0, 0.1) is 0 Å². The summed E-state index contributed by atoms with van der Waals surface area (Å²) in [6, 6.07) is 9.66. The Morgan fingerprint density at radius 1 is 1.29 bits per heavy atom. The van der Waals surface area contributed by atoms with Gasteiger partial charge in [0.2, 0.25) is 11.1 Å². The molecule has 1 aromatic rings. The topological polar surface area (TPSA) is 38.7 Å². The van der Waals surface area contributed by atoms with Crippen LogP contribution < -0.4 is 0 Å². The van der Waals surface area contributed by atoms with E-state index in [1.54, 1.807) is 0 Å². The predicted octanol–water partition coefficient (Wildman–Crippen LogP) is 1.86. The van der Waals surface area contributed by atoms with Gasteiger partial charge in [0.15, 0.2) is 0 Å². The van der Waals surface area contributed by atoms with Crippen molar-refractivity contribution in [2.24, 2.45) is 5.16 Å². The molecule has 0 saturated carbocycles. The Morgan fingerprint density at radius 3 is 2.43 bits per heavy atom. The molecule has 1 atom stereocenters. The van der Waals surface area contributed by atoms with Crippen LogP contribution in [-0.4, -0.2) is 14.7 Å². The monoisotopic (exact) mass is 209 g/mol. The molecule has 0 saturated heterocycles. The Kier molecular flexibility index (Phi) is 2.15. The third kappa shape index (κ3) is 1.35. The Morgan fingerprint density at radius 2 is 1.93 bits per heavy atom. The van der Waals surface area contributed by atoms with Crippen LogP contribution in [0.3, 0.4) is 0 Å². The third-order valence-corrected chi connectivity index (χ3v) is 3.47. The maximum Gasteiger partial charge on any atom is 0.244 e. The maximum atomic E-state index is 11.5. The molecule has 0 amide bonds. The number of oxime groups is 1. The summed E-state index contributed by atoms with van der Waals surface area (Å²) in [5.74, 6) is 0. The van der Waals surface area contributed by atoms with E-state index in [1.807, 2.05) is 44.2 Å². The number of nitrogens with zero attached hydrogens (tertiary/aromatic N) is 1. The number of benzene rings is 1. The highest BCUT2D eigenvalue weighted by Gasteiger charge is 2.40. The zero-order valence-electron chi connectivity index (χ0n) is 8.06. The summed E-state index contributed by atoms with van der Waals surface area (Å²) in [5, 5.41) is 3.86. The standard InChI is InChI=1S/C10H11NO2S/c1-10(2)9(11-13-14(10)12)8-6-4-3-5-7-8/h3-7H,1-2H3. The predicted molar refractivity (Wildman–Crippen MR) is 56.3 cm³/mol. The van der Waals surface area contributed by atoms with E-state index in [0.717, 1.165) is 11.3 Å². The quantitative estimate of drug-likeness (QED) is 0.708. The smallest absolute Gasteiger partial charge is 0.244 e. The molecular formula is C10H11NO2S. The fraction of sp³-hybridized carbons (Fsp3) is 0.300. The lowest BCUT2D eigenvalue weighted by atomic mass is 9.99. The van der Waals surface area contributed by atoms with Crippen molar-refractivity contribution in [3.8, 4) is 0 Å². The van der Waals surface area contributed by atoms with Crippen LogP contribution in [0.4, 0.5) is 0 Å². The Labute approximate surface area is 85.4 Å². The van der Waals surface area contributed by atoms with Crippen molar-refractivity contribution >= 4 is 16.8 Å². The van der Waals surface area contributed by atoms with Crippen LogP contribution in [0.15, 0.2) is 35.5 Å². The average molecular weight is 209 g/mol.